The Morgan fingerprint density at radius 2 is 1.61 bits per heavy atom. The minimum absolute atomic E-state index is 0.0718. The lowest BCUT2D eigenvalue weighted by molar-refractivity contribution is 0.247. The molecule has 174 valence electrons. The Bertz CT molecular complexity index is 1060. The summed E-state index contributed by atoms with van der Waals surface area (Å²) in [6, 6.07) is 14.2. The van der Waals surface area contributed by atoms with Crippen molar-refractivity contribution in [3.8, 4) is 0 Å². The molecule has 2 fully saturated rings. The second-order valence-corrected chi connectivity index (χ2v) is 8.91. The van der Waals surface area contributed by atoms with Crippen LogP contribution < -0.4 is 15.4 Å². The number of para-hydroxylation sites is 1. The molecule has 8 heteroatoms. The van der Waals surface area contributed by atoms with Crippen LogP contribution in [-0.4, -0.2) is 72.1 Å². The molecule has 2 aliphatic heterocycles. The minimum Gasteiger partial charge on any atom is -0.472 e. The van der Waals surface area contributed by atoms with E-state index in [0.29, 0.717) is 12.5 Å². The number of piperazine rings is 1. The van der Waals surface area contributed by atoms with Gasteiger partial charge in [0.15, 0.2) is 0 Å². The van der Waals surface area contributed by atoms with E-state index < -0.39 is 0 Å². The van der Waals surface area contributed by atoms with Crippen molar-refractivity contribution in [3.63, 3.8) is 0 Å². The third-order valence-electron chi connectivity index (χ3n) is 6.54. The van der Waals surface area contributed by atoms with Gasteiger partial charge in [0.25, 0.3) is 5.56 Å². The summed E-state index contributed by atoms with van der Waals surface area (Å²) in [5.74, 6) is 0.700. The van der Waals surface area contributed by atoms with Crippen molar-refractivity contribution in [1.29, 1.82) is 0 Å². The number of H-pyrrole nitrogens is 1. The number of aromatic amines is 1. The monoisotopic (exact) mass is 448 g/mol. The van der Waals surface area contributed by atoms with E-state index in [4.69, 9.17) is 9.40 Å². The number of rotatable bonds is 6. The number of hydrogen-bond donors (Lipinski definition) is 1. The standard InChI is InChI=1S/C25H32N6O2/c32-24-17-22(19-29-10-13-30(14-11-29)23-5-2-1-3-6-23)26-25(27-24)31-9-4-8-28(12-15-31)18-21-7-16-33-20-21/h1-3,5-7,16-17,20H,4,8-15,18-19H2,(H,26,27,32). The first-order chi connectivity index (χ1) is 16.2. The van der Waals surface area contributed by atoms with E-state index in [0.717, 1.165) is 71.0 Å². The predicted molar refractivity (Wildman–Crippen MR) is 130 cm³/mol. The molecular weight excluding hydrogens is 416 g/mol. The van der Waals surface area contributed by atoms with Crippen molar-refractivity contribution in [1.82, 2.24) is 19.8 Å². The molecule has 3 aromatic rings. The van der Waals surface area contributed by atoms with Gasteiger partial charge >= 0.3 is 0 Å². The number of aromatic nitrogens is 2. The molecule has 1 aromatic carbocycles. The fourth-order valence-corrected chi connectivity index (χ4v) is 4.74. The Morgan fingerprint density at radius 3 is 2.36 bits per heavy atom. The number of anilines is 2. The van der Waals surface area contributed by atoms with Crippen molar-refractivity contribution in [2.24, 2.45) is 0 Å². The van der Waals surface area contributed by atoms with Crippen LogP contribution >= 0.6 is 0 Å². The molecule has 0 saturated carbocycles. The predicted octanol–water partition coefficient (Wildman–Crippen LogP) is 2.40. The number of nitrogens with one attached hydrogen (secondary N) is 1. The van der Waals surface area contributed by atoms with Gasteiger partial charge in [-0.3, -0.25) is 19.6 Å². The quantitative estimate of drug-likeness (QED) is 0.621. The zero-order valence-corrected chi connectivity index (χ0v) is 19.0. The fourth-order valence-electron chi connectivity index (χ4n) is 4.74. The summed E-state index contributed by atoms with van der Waals surface area (Å²) in [7, 11) is 0. The van der Waals surface area contributed by atoms with Crippen LogP contribution in [0.15, 0.2) is 64.2 Å². The lowest BCUT2D eigenvalue weighted by atomic mass is 10.2. The lowest BCUT2D eigenvalue weighted by Gasteiger charge is -2.36. The summed E-state index contributed by atoms with van der Waals surface area (Å²) in [5, 5.41) is 0. The number of furan rings is 1. The van der Waals surface area contributed by atoms with Gasteiger partial charge in [0, 0.05) is 82.8 Å². The Kier molecular flexibility index (Phi) is 6.73. The fraction of sp³-hybridized carbons (Fsp3) is 0.440. The topological polar surface area (TPSA) is 71.9 Å². The highest BCUT2D eigenvalue weighted by molar-refractivity contribution is 5.46. The molecule has 0 spiro atoms. The number of hydrogen-bond acceptors (Lipinski definition) is 7. The van der Waals surface area contributed by atoms with Crippen molar-refractivity contribution < 1.29 is 4.42 Å². The maximum absolute atomic E-state index is 12.4. The summed E-state index contributed by atoms with van der Waals surface area (Å²) < 4.78 is 5.20. The number of nitrogens with zero attached hydrogens (tertiary/aromatic N) is 5. The lowest BCUT2D eigenvalue weighted by Crippen LogP contribution is -2.46. The highest BCUT2D eigenvalue weighted by Gasteiger charge is 2.20. The van der Waals surface area contributed by atoms with E-state index in [1.807, 2.05) is 12.3 Å². The van der Waals surface area contributed by atoms with E-state index in [2.05, 4.69) is 54.9 Å². The van der Waals surface area contributed by atoms with Crippen molar-refractivity contribution in [3.05, 3.63) is 76.6 Å². The summed E-state index contributed by atoms with van der Waals surface area (Å²) in [6.45, 7) is 9.19. The second kappa shape index (κ2) is 10.2. The van der Waals surface area contributed by atoms with Gasteiger partial charge in [0.2, 0.25) is 5.95 Å². The van der Waals surface area contributed by atoms with E-state index >= 15 is 0 Å². The van der Waals surface area contributed by atoms with Gasteiger partial charge in [-0.1, -0.05) is 18.2 Å². The van der Waals surface area contributed by atoms with Crippen LogP contribution in [0, 0.1) is 0 Å². The van der Waals surface area contributed by atoms with Crippen LogP contribution in [0.3, 0.4) is 0 Å². The van der Waals surface area contributed by atoms with Gasteiger partial charge in [-0.05, 0) is 24.6 Å². The molecule has 0 radical (unpaired) electrons. The van der Waals surface area contributed by atoms with Crippen LogP contribution in [-0.2, 0) is 13.1 Å². The zero-order chi connectivity index (χ0) is 22.5. The van der Waals surface area contributed by atoms with Gasteiger partial charge in [-0.15, -0.1) is 0 Å². The molecule has 0 amide bonds. The van der Waals surface area contributed by atoms with Gasteiger partial charge in [0.1, 0.15) is 0 Å². The summed E-state index contributed by atoms with van der Waals surface area (Å²) >= 11 is 0. The molecular formula is C25H32N6O2. The molecule has 4 heterocycles. The average molecular weight is 449 g/mol. The molecule has 0 aliphatic carbocycles. The smallest absolute Gasteiger partial charge is 0.252 e. The molecule has 2 aromatic heterocycles. The first kappa shape index (κ1) is 21.7. The average Bonchev–Trinajstić information content (AvgIpc) is 3.23. The number of benzene rings is 1. The third-order valence-corrected chi connectivity index (χ3v) is 6.54. The first-order valence-electron chi connectivity index (χ1n) is 11.8. The van der Waals surface area contributed by atoms with Gasteiger partial charge in [-0.2, -0.15) is 0 Å². The molecule has 0 atom stereocenters. The van der Waals surface area contributed by atoms with Crippen LogP contribution in [0.2, 0.25) is 0 Å². The first-order valence-corrected chi connectivity index (χ1v) is 11.8. The molecule has 2 aliphatic rings. The summed E-state index contributed by atoms with van der Waals surface area (Å²) in [4.78, 5) is 29.7. The molecule has 33 heavy (non-hydrogen) atoms. The molecule has 2 saturated heterocycles. The Labute approximate surface area is 194 Å². The van der Waals surface area contributed by atoms with Crippen molar-refractivity contribution in [2.45, 2.75) is 19.5 Å². The van der Waals surface area contributed by atoms with E-state index in [9.17, 15) is 4.79 Å². The van der Waals surface area contributed by atoms with E-state index in [1.165, 1.54) is 11.3 Å². The zero-order valence-electron chi connectivity index (χ0n) is 19.0. The largest absolute Gasteiger partial charge is 0.472 e. The second-order valence-electron chi connectivity index (χ2n) is 8.91. The van der Waals surface area contributed by atoms with Crippen molar-refractivity contribution in [2.75, 3.05) is 62.2 Å². The van der Waals surface area contributed by atoms with Crippen LogP contribution in [0.5, 0.6) is 0 Å². The SMILES string of the molecule is O=c1cc(CN2CCN(c3ccccc3)CC2)nc(N2CCCN(Cc3ccoc3)CC2)[nH]1. The molecule has 0 unspecified atom stereocenters. The third kappa shape index (κ3) is 5.64. The Balaban J connectivity index is 1.18. The maximum Gasteiger partial charge on any atom is 0.252 e. The summed E-state index contributed by atoms with van der Waals surface area (Å²) in [5.41, 5.74) is 3.25. The highest BCUT2D eigenvalue weighted by Crippen LogP contribution is 2.17. The summed E-state index contributed by atoms with van der Waals surface area (Å²) in [6.07, 6.45) is 4.57. The van der Waals surface area contributed by atoms with Crippen LogP contribution in [0.25, 0.3) is 0 Å². The minimum atomic E-state index is -0.0718. The van der Waals surface area contributed by atoms with E-state index in [1.54, 1.807) is 12.3 Å². The molecule has 8 nitrogen and oxygen atoms in total. The molecule has 1 N–H and O–H groups in total. The van der Waals surface area contributed by atoms with Gasteiger partial charge in [0.05, 0.1) is 18.2 Å². The van der Waals surface area contributed by atoms with Crippen molar-refractivity contribution >= 4 is 11.6 Å². The normalized spacial score (nSPS) is 18.4. The highest BCUT2D eigenvalue weighted by atomic mass is 16.3. The maximum atomic E-state index is 12.4. The Morgan fingerprint density at radius 1 is 0.848 bits per heavy atom. The van der Waals surface area contributed by atoms with Gasteiger partial charge < -0.3 is 14.2 Å². The van der Waals surface area contributed by atoms with Crippen LogP contribution in [0.1, 0.15) is 17.7 Å². The Hall–Kier alpha value is -3.10. The van der Waals surface area contributed by atoms with Crippen LogP contribution in [0.4, 0.5) is 11.6 Å². The van der Waals surface area contributed by atoms with E-state index in [-0.39, 0.29) is 5.56 Å². The van der Waals surface area contributed by atoms with Gasteiger partial charge in [-0.25, -0.2) is 4.98 Å². The molecule has 0 bridgehead atoms. The molecule has 5 rings (SSSR count).